The molecule has 3 rings (SSSR count). The van der Waals surface area contributed by atoms with Crippen LogP contribution < -0.4 is 4.90 Å². The third kappa shape index (κ3) is 4.04. The molecule has 2 aliphatic rings. The first-order valence-electron chi connectivity index (χ1n) is 8.51. The lowest BCUT2D eigenvalue weighted by molar-refractivity contribution is -0.142. The Morgan fingerprint density at radius 2 is 1.84 bits per heavy atom. The fourth-order valence-corrected chi connectivity index (χ4v) is 3.73. The largest absolute Gasteiger partial charge is 0.370 e. The lowest BCUT2D eigenvalue weighted by Crippen LogP contribution is -2.47. The summed E-state index contributed by atoms with van der Waals surface area (Å²) in [5.74, 6) is -2.77. The summed E-state index contributed by atoms with van der Waals surface area (Å²) >= 11 is 5.93. The maximum absolute atomic E-state index is 13.2. The van der Waals surface area contributed by atoms with Gasteiger partial charge >= 0.3 is 0 Å². The maximum Gasteiger partial charge on any atom is 0.251 e. The lowest BCUT2D eigenvalue weighted by Gasteiger charge is -2.38. The highest BCUT2D eigenvalue weighted by Gasteiger charge is 2.37. The molecular weight excluding hydrogens is 348 g/mol. The summed E-state index contributed by atoms with van der Waals surface area (Å²) in [5.41, 5.74) is 1.35. The van der Waals surface area contributed by atoms with E-state index < -0.39 is 5.92 Å². The van der Waals surface area contributed by atoms with Gasteiger partial charge in [-0.1, -0.05) is 11.6 Å². The van der Waals surface area contributed by atoms with Crippen molar-refractivity contribution in [1.29, 1.82) is 5.26 Å². The number of nitriles is 1. The van der Waals surface area contributed by atoms with E-state index in [1.807, 2.05) is 6.07 Å². The van der Waals surface area contributed by atoms with Crippen LogP contribution in [0, 0.1) is 17.2 Å². The van der Waals surface area contributed by atoms with Gasteiger partial charge in [-0.15, -0.1) is 0 Å². The Morgan fingerprint density at radius 1 is 1.20 bits per heavy atom. The fraction of sp³-hybridized carbons (Fsp3) is 0.556. The molecule has 7 heteroatoms. The number of rotatable bonds is 2. The van der Waals surface area contributed by atoms with E-state index in [4.69, 9.17) is 11.6 Å². The predicted molar refractivity (Wildman–Crippen MR) is 91.9 cm³/mol. The zero-order valence-corrected chi connectivity index (χ0v) is 14.6. The molecule has 2 saturated heterocycles. The van der Waals surface area contributed by atoms with Crippen molar-refractivity contribution in [3.05, 3.63) is 28.8 Å². The molecule has 0 spiro atoms. The molecule has 134 valence electrons. The number of hydrogen-bond donors (Lipinski definition) is 0. The molecule has 0 saturated carbocycles. The highest BCUT2D eigenvalue weighted by molar-refractivity contribution is 6.30. The average Bonchev–Trinajstić information content (AvgIpc) is 2.61. The van der Waals surface area contributed by atoms with Gasteiger partial charge in [-0.3, -0.25) is 4.79 Å². The third-order valence-corrected chi connectivity index (χ3v) is 5.31. The van der Waals surface area contributed by atoms with Gasteiger partial charge < -0.3 is 9.80 Å². The van der Waals surface area contributed by atoms with E-state index in [2.05, 4.69) is 11.0 Å². The molecule has 1 aromatic rings. The number of halogens is 3. The van der Waals surface area contributed by atoms with Crippen LogP contribution >= 0.6 is 11.6 Å². The molecule has 0 atom stereocenters. The predicted octanol–water partition coefficient (Wildman–Crippen LogP) is 3.69. The summed E-state index contributed by atoms with van der Waals surface area (Å²) in [4.78, 5) is 16.2. The quantitative estimate of drug-likeness (QED) is 0.801. The van der Waals surface area contributed by atoms with Crippen molar-refractivity contribution in [2.24, 2.45) is 5.92 Å². The van der Waals surface area contributed by atoms with Gasteiger partial charge in [-0.05, 0) is 31.0 Å². The second kappa shape index (κ2) is 7.17. The summed E-state index contributed by atoms with van der Waals surface area (Å²) in [5, 5.41) is 9.79. The minimum atomic E-state index is -2.64. The second-order valence-corrected chi connectivity index (χ2v) is 7.15. The molecule has 0 unspecified atom stereocenters. The zero-order valence-electron chi connectivity index (χ0n) is 13.9. The van der Waals surface area contributed by atoms with E-state index in [-0.39, 0.29) is 37.8 Å². The maximum atomic E-state index is 13.2. The molecule has 0 aromatic heterocycles. The van der Waals surface area contributed by atoms with Crippen molar-refractivity contribution in [2.45, 2.75) is 31.6 Å². The molecule has 1 aromatic carbocycles. The highest BCUT2D eigenvalue weighted by atomic mass is 35.5. The summed E-state index contributed by atoms with van der Waals surface area (Å²) in [7, 11) is 0. The summed E-state index contributed by atoms with van der Waals surface area (Å²) in [6.07, 6.45) is 0.847. The highest BCUT2D eigenvalue weighted by Crippen LogP contribution is 2.31. The van der Waals surface area contributed by atoms with Gasteiger partial charge in [0.05, 0.1) is 11.3 Å². The van der Waals surface area contributed by atoms with Crippen LogP contribution in [0.1, 0.15) is 31.2 Å². The van der Waals surface area contributed by atoms with Gasteiger partial charge in [0, 0.05) is 50.0 Å². The van der Waals surface area contributed by atoms with E-state index in [9.17, 15) is 18.8 Å². The Morgan fingerprint density at radius 3 is 2.44 bits per heavy atom. The number of amides is 1. The molecule has 0 aliphatic carbocycles. The number of carbonyl (C=O) groups excluding carboxylic acids is 1. The van der Waals surface area contributed by atoms with Gasteiger partial charge in [0.2, 0.25) is 5.91 Å². The van der Waals surface area contributed by atoms with Crippen LogP contribution in [-0.4, -0.2) is 42.9 Å². The number of benzene rings is 1. The van der Waals surface area contributed by atoms with Crippen molar-refractivity contribution in [2.75, 3.05) is 31.1 Å². The van der Waals surface area contributed by atoms with E-state index >= 15 is 0 Å². The molecule has 0 N–H and O–H groups in total. The fourth-order valence-electron chi connectivity index (χ4n) is 3.55. The standard InChI is InChI=1S/C18H20ClF2N3O/c19-15-1-2-16(14(11-15)12-22)23-7-3-13(4-8-23)17(25)24-9-5-18(20,21)6-10-24/h1-2,11,13H,3-10H2. The SMILES string of the molecule is N#Cc1cc(Cl)ccc1N1CCC(C(=O)N2CCC(F)(F)CC2)CC1. The van der Waals surface area contributed by atoms with Gasteiger partial charge in [0.1, 0.15) is 6.07 Å². The molecule has 0 bridgehead atoms. The van der Waals surface area contributed by atoms with Crippen LogP contribution in [-0.2, 0) is 4.79 Å². The van der Waals surface area contributed by atoms with Crippen LogP contribution in [0.25, 0.3) is 0 Å². The molecule has 2 fully saturated rings. The zero-order chi connectivity index (χ0) is 18.0. The molecule has 2 heterocycles. The van der Waals surface area contributed by atoms with Gasteiger partial charge in [0.25, 0.3) is 5.92 Å². The van der Waals surface area contributed by atoms with E-state index in [0.717, 1.165) is 5.69 Å². The van der Waals surface area contributed by atoms with Gasteiger partial charge in [0.15, 0.2) is 0 Å². The van der Waals surface area contributed by atoms with Gasteiger partial charge in [-0.2, -0.15) is 5.26 Å². The van der Waals surface area contributed by atoms with Crippen molar-refractivity contribution in [3.63, 3.8) is 0 Å². The first-order chi connectivity index (χ1) is 11.9. The van der Waals surface area contributed by atoms with Crippen molar-refractivity contribution in [1.82, 2.24) is 4.90 Å². The lowest BCUT2D eigenvalue weighted by atomic mass is 9.93. The molecule has 0 radical (unpaired) electrons. The number of piperidine rings is 2. The number of likely N-dealkylation sites (tertiary alicyclic amines) is 1. The van der Waals surface area contributed by atoms with Crippen molar-refractivity contribution >= 4 is 23.2 Å². The van der Waals surface area contributed by atoms with Crippen LogP contribution in [0.15, 0.2) is 18.2 Å². The van der Waals surface area contributed by atoms with Crippen LogP contribution in [0.2, 0.25) is 5.02 Å². The Labute approximate surface area is 151 Å². The topological polar surface area (TPSA) is 47.3 Å². The molecular formula is C18H20ClF2N3O. The van der Waals surface area contributed by atoms with E-state index in [0.29, 0.717) is 36.5 Å². The third-order valence-electron chi connectivity index (χ3n) is 5.07. The Balaban J connectivity index is 1.59. The number of alkyl halides is 2. The molecule has 1 amide bonds. The summed E-state index contributed by atoms with van der Waals surface area (Å²) in [6, 6.07) is 7.38. The van der Waals surface area contributed by atoms with Crippen LogP contribution in [0.3, 0.4) is 0 Å². The van der Waals surface area contributed by atoms with Gasteiger partial charge in [-0.25, -0.2) is 8.78 Å². The first kappa shape index (κ1) is 17.9. The average molecular weight is 368 g/mol. The smallest absolute Gasteiger partial charge is 0.251 e. The summed E-state index contributed by atoms with van der Waals surface area (Å²) in [6.45, 7) is 1.61. The second-order valence-electron chi connectivity index (χ2n) is 6.72. The molecule has 2 aliphatic heterocycles. The number of hydrogen-bond acceptors (Lipinski definition) is 3. The van der Waals surface area contributed by atoms with Crippen molar-refractivity contribution < 1.29 is 13.6 Å². The molecule has 4 nitrogen and oxygen atoms in total. The van der Waals surface area contributed by atoms with E-state index in [1.54, 1.807) is 17.0 Å². The Hall–Kier alpha value is -1.87. The normalized spacial score (nSPS) is 21.0. The Kier molecular flexibility index (Phi) is 5.14. The number of nitrogens with zero attached hydrogens (tertiary/aromatic N) is 3. The first-order valence-corrected chi connectivity index (χ1v) is 8.89. The monoisotopic (exact) mass is 367 g/mol. The Bertz CT molecular complexity index is 686. The summed E-state index contributed by atoms with van der Waals surface area (Å²) < 4.78 is 26.5. The number of carbonyl (C=O) groups is 1. The minimum Gasteiger partial charge on any atom is -0.370 e. The van der Waals surface area contributed by atoms with Crippen LogP contribution in [0.5, 0.6) is 0 Å². The minimum absolute atomic E-state index is 0.00763. The molecule has 25 heavy (non-hydrogen) atoms. The van der Waals surface area contributed by atoms with E-state index in [1.165, 1.54) is 0 Å². The number of anilines is 1. The van der Waals surface area contributed by atoms with Crippen LogP contribution in [0.4, 0.5) is 14.5 Å². The van der Waals surface area contributed by atoms with Crippen molar-refractivity contribution in [3.8, 4) is 6.07 Å².